The molecule has 0 bridgehead atoms. The van der Waals surface area contributed by atoms with Crippen molar-refractivity contribution in [3.05, 3.63) is 35.9 Å². The molecule has 1 aromatic carbocycles. The number of carboxylic acids is 1. The number of rotatable bonds is 6. The molecule has 0 aliphatic rings. The number of anilines is 1. The van der Waals surface area contributed by atoms with Crippen LogP contribution in [0.3, 0.4) is 0 Å². The van der Waals surface area contributed by atoms with Crippen molar-refractivity contribution >= 4 is 11.7 Å². The van der Waals surface area contributed by atoms with E-state index in [0.717, 1.165) is 0 Å². The van der Waals surface area contributed by atoms with Crippen LogP contribution in [-0.2, 0) is 4.79 Å². The maximum Gasteiger partial charge on any atom is 0.573 e. The van der Waals surface area contributed by atoms with Crippen molar-refractivity contribution in [2.24, 2.45) is 0 Å². The first-order chi connectivity index (χ1) is 9.31. The van der Waals surface area contributed by atoms with Crippen molar-refractivity contribution in [1.82, 2.24) is 0 Å². The number of hydrogen-bond donors (Lipinski definition) is 2. The zero-order valence-electron chi connectivity index (χ0n) is 10.7. The molecular formula is C13H14F3NO3. The van der Waals surface area contributed by atoms with Crippen LogP contribution < -0.4 is 10.1 Å². The molecule has 2 N–H and O–H groups in total. The van der Waals surface area contributed by atoms with Crippen LogP contribution >= 0.6 is 0 Å². The predicted molar refractivity (Wildman–Crippen MR) is 67.6 cm³/mol. The van der Waals surface area contributed by atoms with E-state index in [2.05, 4.69) is 10.1 Å². The van der Waals surface area contributed by atoms with Crippen LogP contribution in [0.1, 0.15) is 13.3 Å². The maximum absolute atomic E-state index is 11.9. The minimum Gasteiger partial charge on any atom is -0.478 e. The highest BCUT2D eigenvalue weighted by Gasteiger charge is 2.30. The molecule has 0 unspecified atom stereocenters. The first-order valence-electron chi connectivity index (χ1n) is 5.84. The Bertz CT molecular complexity index is 481. The van der Waals surface area contributed by atoms with Gasteiger partial charge in [0.05, 0.1) is 0 Å². The smallest absolute Gasteiger partial charge is 0.478 e. The zero-order valence-corrected chi connectivity index (χ0v) is 10.7. The Kier molecular flexibility index (Phi) is 5.42. The summed E-state index contributed by atoms with van der Waals surface area (Å²) in [6, 6.07) is 5.19. The number of aliphatic carboxylic acids is 1. The van der Waals surface area contributed by atoms with Gasteiger partial charge in [-0.05, 0) is 30.7 Å². The molecule has 1 rings (SSSR count). The van der Waals surface area contributed by atoms with Gasteiger partial charge in [0.25, 0.3) is 0 Å². The molecular weight excluding hydrogens is 275 g/mol. The minimum atomic E-state index is -4.71. The maximum atomic E-state index is 11.9. The lowest BCUT2D eigenvalue weighted by Crippen LogP contribution is -2.17. The molecule has 0 aliphatic carbocycles. The fourth-order valence-corrected chi connectivity index (χ4v) is 1.45. The van der Waals surface area contributed by atoms with Crippen molar-refractivity contribution in [1.29, 1.82) is 0 Å². The van der Waals surface area contributed by atoms with E-state index in [1.807, 2.05) is 0 Å². The summed E-state index contributed by atoms with van der Waals surface area (Å²) >= 11 is 0. The lowest BCUT2D eigenvalue weighted by Gasteiger charge is -2.09. The van der Waals surface area contributed by atoms with Gasteiger partial charge in [0, 0.05) is 17.8 Å². The molecule has 0 aliphatic heterocycles. The summed E-state index contributed by atoms with van der Waals surface area (Å²) < 4.78 is 39.6. The third-order valence-electron chi connectivity index (χ3n) is 2.40. The van der Waals surface area contributed by atoms with Gasteiger partial charge >= 0.3 is 12.3 Å². The Hall–Kier alpha value is -2.18. The fraction of sp³-hybridized carbons (Fsp3) is 0.308. The van der Waals surface area contributed by atoms with E-state index in [4.69, 9.17) is 5.11 Å². The first kappa shape index (κ1) is 15.9. The summed E-state index contributed by atoms with van der Waals surface area (Å²) in [5.41, 5.74) is 0.839. The lowest BCUT2D eigenvalue weighted by atomic mass is 10.2. The average molecular weight is 289 g/mol. The van der Waals surface area contributed by atoms with Gasteiger partial charge in [-0.25, -0.2) is 4.79 Å². The lowest BCUT2D eigenvalue weighted by molar-refractivity contribution is -0.274. The summed E-state index contributed by atoms with van der Waals surface area (Å²) in [4.78, 5) is 10.7. The molecule has 0 atom stereocenters. The van der Waals surface area contributed by atoms with Crippen molar-refractivity contribution in [3.63, 3.8) is 0 Å². The summed E-state index contributed by atoms with van der Waals surface area (Å²) in [6.07, 6.45) is -2.80. The van der Waals surface area contributed by atoms with Gasteiger partial charge in [0.2, 0.25) is 0 Å². The molecule has 4 nitrogen and oxygen atoms in total. The third kappa shape index (κ3) is 5.64. The number of carboxylic acid groups (broad SMARTS) is 1. The largest absolute Gasteiger partial charge is 0.573 e. The monoisotopic (exact) mass is 289 g/mol. The van der Waals surface area contributed by atoms with Gasteiger partial charge < -0.3 is 15.2 Å². The second kappa shape index (κ2) is 6.83. The normalized spacial score (nSPS) is 12.1. The molecule has 0 heterocycles. The Morgan fingerprint density at radius 2 is 1.95 bits per heavy atom. The molecule has 20 heavy (non-hydrogen) atoms. The van der Waals surface area contributed by atoms with Gasteiger partial charge in [-0.1, -0.05) is 13.0 Å². The number of ether oxygens (including phenoxy) is 1. The van der Waals surface area contributed by atoms with E-state index in [9.17, 15) is 18.0 Å². The second-order valence-electron chi connectivity index (χ2n) is 3.84. The highest BCUT2D eigenvalue weighted by Crippen LogP contribution is 2.23. The molecule has 1 aromatic rings. The van der Waals surface area contributed by atoms with Gasteiger partial charge in [-0.2, -0.15) is 0 Å². The van der Waals surface area contributed by atoms with Crippen LogP contribution in [-0.4, -0.2) is 24.0 Å². The molecule has 0 saturated carbocycles. The Morgan fingerprint density at radius 3 is 2.40 bits per heavy atom. The molecule has 0 aromatic heterocycles. The van der Waals surface area contributed by atoms with Crippen LogP contribution in [0.15, 0.2) is 35.9 Å². The zero-order chi connectivity index (χ0) is 15.2. The topological polar surface area (TPSA) is 58.6 Å². The standard InChI is InChI=1S/C13H14F3NO3/c1-2-9(12(18)19)7-8-17-10-3-5-11(6-4-10)20-13(14,15)16/h3-7,17H,2,8H2,1H3,(H,18,19)/b9-7-. The first-order valence-corrected chi connectivity index (χ1v) is 5.84. The predicted octanol–water partition coefficient (Wildman–Crippen LogP) is 3.42. The van der Waals surface area contributed by atoms with Crippen LogP contribution in [0.5, 0.6) is 5.75 Å². The summed E-state index contributed by atoms with van der Waals surface area (Å²) in [7, 11) is 0. The van der Waals surface area contributed by atoms with Crippen LogP contribution in [0.2, 0.25) is 0 Å². The molecule has 110 valence electrons. The van der Waals surface area contributed by atoms with E-state index in [0.29, 0.717) is 12.1 Å². The van der Waals surface area contributed by atoms with E-state index < -0.39 is 12.3 Å². The summed E-state index contributed by atoms with van der Waals surface area (Å²) in [5.74, 6) is -1.29. The SMILES string of the molecule is CC/C(=C/CNc1ccc(OC(F)(F)F)cc1)C(=O)O. The van der Waals surface area contributed by atoms with Crippen molar-refractivity contribution < 1.29 is 27.8 Å². The van der Waals surface area contributed by atoms with Crippen LogP contribution in [0, 0.1) is 0 Å². The van der Waals surface area contributed by atoms with Crippen molar-refractivity contribution in [3.8, 4) is 5.75 Å². The Labute approximate surface area is 113 Å². The minimum absolute atomic E-state index is 0.273. The second-order valence-corrected chi connectivity index (χ2v) is 3.84. The van der Waals surface area contributed by atoms with Crippen LogP contribution in [0.4, 0.5) is 18.9 Å². The number of halogens is 3. The number of nitrogens with one attached hydrogen (secondary N) is 1. The van der Waals surface area contributed by atoms with Gasteiger partial charge in [0.1, 0.15) is 5.75 Å². The fourth-order valence-electron chi connectivity index (χ4n) is 1.45. The van der Waals surface area contributed by atoms with Gasteiger partial charge in [0.15, 0.2) is 0 Å². The van der Waals surface area contributed by atoms with Gasteiger partial charge in [-0.3, -0.25) is 0 Å². The molecule has 0 radical (unpaired) electrons. The third-order valence-corrected chi connectivity index (χ3v) is 2.40. The molecule has 0 saturated heterocycles. The average Bonchev–Trinajstić information content (AvgIpc) is 2.34. The van der Waals surface area contributed by atoms with E-state index in [-0.39, 0.29) is 17.9 Å². The highest BCUT2D eigenvalue weighted by atomic mass is 19.4. The number of carbonyl (C=O) groups is 1. The number of benzene rings is 1. The van der Waals surface area contributed by atoms with Crippen molar-refractivity contribution in [2.45, 2.75) is 19.7 Å². The molecule has 0 fully saturated rings. The molecule has 0 spiro atoms. The number of hydrogen-bond acceptors (Lipinski definition) is 3. The molecule has 7 heteroatoms. The Morgan fingerprint density at radius 1 is 1.35 bits per heavy atom. The van der Waals surface area contributed by atoms with E-state index in [1.165, 1.54) is 30.3 Å². The molecule has 0 amide bonds. The summed E-state index contributed by atoms with van der Waals surface area (Å²) in [5, 5.41) is 11.7. The van der Waals surface area contributed by atoms with E-state index >= 15 is 0 Å². The summed E-state index contributed by atoms with van der Waals surface area (Å²) in [6.45, 7) is 2.00. The number of alkyl halides is 3. The quantitative estimate of drug-likeness (QED) is 0.788. The van der Waals surface area contributed by atoms with Crippen molar-refractivity contribution in [2.75, 3.05) is 11.9 Å². The Balaban J connectivity index is 2.56. The van der Waals surface area contributed by atoms with E-state index in [1.54, 1.807) is 6.92 Å². The van der Waals surface area contributed by atoms with Crippen LogP contribution in [0.25, 0.3) is 0 Å². The highest BCUT2D eigenvalue weighted by molar-refractivity contribution is 5.86. The van der Waals surface area contributed by atoms with Gasteiger partial charge in [-0.15, -0.1) is 13.2 Å².